The lowest BCUT2D eigenvalue weighted by atomic mass is 10.1. The van der Waals surface area contributed by atoms with Crippen LogP contribution in [0.15, 0.2) is 22.7 Å². The average molecular weight is 342 g/mol. The summed E-state index contributed by atoms with van der Waals surface area (Å²) in [5.74, 6) is 0.924. The van der Waals surface area contributed by atoms with Crippen molar-refractivity contribution in [1.29, 1.82) is 0 Å². The van der Waals surface area contributed by atoms with Crippen molar-refractivity contribution in [3.63, 3.8) is 0 Å². The summed E-state index contributed by atoms with van der Waals surface area (Å²) < 4.78 is 11.7. The summed E-state index contributed by atoms with van der Waals surface area (Å²) in [7, 11) is 1.68. The van der Waals surface area contributed by atoms with Crippen LogP contribution in [-0.4, -0.2) is 32.3 Å². The lowest BCUT2D eigenvalue weighted by molar-refractivity contribution is -0.119. The van der Waals surface area contributed by atoms with Gasteiger partial charge in [-0.3, -0.25) is 4.79 Å². The largest absolute Gasteiger partial charge is 0.487 e. The highest BCUT2D eigenvalue weighted by Gasteiger charge is 2.27. The summed E-state index contributed by atoms with van der Waals surface area (Å²) in [6.45, 7) is 3.29. The molecule has 0 spiro atoms. The van der Waals surface area contributed by atoms with Crippen LogP contribution in [-0.2, 0) is 9.53 Å². The van der Waals surface area contributed by atoms with Crippen LogP contribution in [0.5, 0.6) is 5.75 Å². The smallest absolute Gasteiger partial charge is 0.227 e. The minimum absolute atomic E-state index is 0.0200. The zero-order chi connectivity index (χ0) is 14.5. The molecule has 1 aromatic carbocycles. The van der Waals surface area contributed by atoms with Crippen molar-refractivity contribution < 1.29 is 14.3 Å². The van der Waals surface area contributed by atoms with Gasteiger partial charge in [0.25, 0.3) is 0 Å². The van der Waals surface area contributed by atoms with Crippen molar-refractivity contribution in [2.24, 2.45) is 0 Å². The maximum atomic E-state index is 12.4. The first kappa shape index (κ1) is 15.3. The van der Waals surface area contributed by atoms with Crippen LogP contribution in [0.25, 0.3) is 0 Å². The molecule has 5 heteroatoms. The minimum Gasteiger partial charge on any atom is -0.487 e. The van der Waals surface area contributed by atoms with Crippen molar-refractivity contribution >= 4 is 27.5 Å². The van der Waals surface area contributed by atoms with E-state index in [-0.39, 0.29) is 12.0 Å². The highest BCUT2D eigenvalue weighted by atomic mass is 79.9. The first-order chi connectivity index (χ1) is 9.61. The van der Waals surface area contributed by atoms with Gasteiger partial charge in [0.2, 0.25) is 5.91 Å². The molecule has 1 atom stereocenters. The molecule has 1 aliphatic rings. The van der Waals surface area contributed by atoms with E-state index in [1.807, 2.05) is 30.0 Å². The SMILES string of the molecule is COCCCCC(=O)N1CC(C)Oc2ccc(Br)cc21. The lowest BCUT2D eigenvalue weighted by Crippen LogP contribution is -2.42. The highest BCUT2D eigenvalue weighted by Crippen LogP contribution is 2.36. The summed E-state index contributed by atoms with van der Waals surface area (Å²) >= 11 is 3.45. The molecular formula is C15H20BrNO3. The second kappa shape index (κ2) is 7.09. The van der Waals surface area contributed by atoms with Crippen molar-refractivity contribution in [2.75, 3.05) is 25.2 Å². The second-order valence-corrected chi connectivity index (χ2v) is 5.91. The molecule has 110 valence electrons. The van der Waals surface area contributed by atoms with Crippen LogP contribution >= 0.6 is 15.9 Å². The molecule has 1 unspecified atom stereocenters. The standard InChI is InChI=1S/C15H20BrNO3/c1-11-10-17(15(18)5-3-4-8-19-2)13-9-12(16)6-7-14(13)20-11/h6-7,9,11H,3-5,8,10H2,1-2H3. The molecule has 0 N–H and O–H groups in total. The van der Waals surface area contributed by atoms with Gasteiger partial charge in [0.1, 0.15) is 11.9 Å². The Labute approximate surface area is 128 Å². The maximum Gasteiger partial charge on any atom is 0.227 e. The number of amides is 1. The molecule has 1 amide bonds. The maximum absolute atomic E-state index is 12.4. The van der Waals surface area contributed by atoms with Crippen molar-refractivity contribution in [1.82, 2.24) is 0 Å². The van der Waals surface area contributed by atoms with E-state index >= 15 is 0 Å². The summed E-state index contributed by atoms with van der Waals surface area (Å²) in [6.07, 6.45) is 2.32. The molecule has 0 radical (unpaired) electrons. The Hall–Kier alpha value is -1.07. The predicted molar refractivity (Wildman–Crippen MR) is 82.3 cm³/mol. The molecule has 1 heterocycles. The Morgan fingerprint density at radius 1 is 1.50 bits per heavy atom. The molecule has 20 heavy (non-hydrogen) atoms. The zero-order valence-corrected chi connectivity index (χ0v) is 13.5. The number of unbranched alkanes of at least 4 members (excludes halogenated alkanes) is 1. The van der Waals surface area contributed by atoms with Crippen LogP contribution in [0.2, 0.25) is 0 Å². The number of rotatable bonds is 5. The molecule has 0 saturated carbocycles. The monoisotopic (exact) mass is 341 g/mol. The van der Waals surface area contributed by atoms with E-state index in [1.165, 1.54) is 0 Å². The number of anilines is 1. The number of carbonyl (C=O) groups excluding carboxylic acids is 1. The first-order valence-corrected chi connectivity index (χ1v) is 7.66. The van der Waals surface area contributed by atoms with Crippen LogP contribution in [0.4, 0.5) is 5.69 Å². The van der Waals surface area contributed by atoms with E-state index in [9.17, 15) is 4.79 Å². The summed E-state index contributed by atoms with van der Waals surface area (Å²) in [5.41, 5.74) is 0.856. The fraction of sp³-hybridized carbons (Fsp3) is 0.533. The average Bonchev–Trinajstić information content (AvgIpc) is 2.43. The van der Waals surface area contributed by atoms with Crippen LogP contribution in [0.3, 0.4) is 0 Å². The quantitative estimate of drug-likeness (QED) is 0.770. The number of ether oxygens (including phenoxy) is 2. The normalized spacial score (nSPS) is 17.6. The molecule has 1 aromatic rings. The highest BCUT2D eigenvalue weighted by molar-refractivity contribution is 9.10. The Kier molecular flexibility index (Phi) is 5.43. The summed E-state index contributed by atoms with van der Waals surface area (Å²) in [5, 5.41) is 0. The molecular weight excluding hydrogens is 322 g/mol. The molecule has 0 aromatic heterocycles. The van der Waals surface area contributed by atoms with Crippen LogP contribution in [0, 0.1) is 0 Å². The minimum atomic E-state index is 0.0200. The Morgan fingerprint density at radius 2 is 2.30 bits per heavy atom. The van der Waals surface area contributed by atoms with Gasteiger partial charge in [0.05, 0.1) is 12.2 Å². The Balaban J connectivity index is 2.08. The van der Waals surface area contributed by atoms with Gasteiger partial charge in [0, 0.05) is 24.6 Å². The lowest BCUT2D eigenvalue weighted by Gasteiger charge is -2.33. The summed E-state index contributed by atoms with van der Waals surface area (Å²) in [6, 6.07) is 5.77. The molecule has 0 saturated heterocycles. The van der Waals surface area contributed by atoms with Crippen molar-refractivity contribution in [3.8, 4) is 5.75 Å². The van der Waals surface area contributed by atoms with Gasteiger partial charge in [0.15, 0.2) is 0 Å². The van der Waals surface area contributed by atoms with E-state index < -0.39 is 0 Å². The van der Waals surface area contributed by atoms with E-state index in [0.717, 1.165) is 28.8 Å². The van der Waals surface area contributed by atoms with Crippen LogP contribution < -0.4 is 9.64 Å². The number of halogens is 1. The third-order valence-electron chi connectivity index (χ3n) is 3.27. The van der Waals surface area contributed by atoms with Gasteiger partial charge < -0.3 is 14.4 Å². The van der Waals surface area contributed by atoms with Gasteiger partial charge in [-0.05, 0) is 38.0 Å². The third kappa shape index (κ3) is 3.73. The molecule has 4 nitrogen and oxygen atoms in total. The topological polar surface area (TPSA) is 38.8 Å². The van der Waals surface area contributed by atoms with Gasteiger partial charge in [-0.2, -0.15) is 0 Å². The molecule has 1 aliphatic heterocycles. The van der Waals surface area contributed by atoms with Crippen LogP contribution in [0.1, 0.15) is 26.2 Å². The molecule has 0 aliphatic carbocycles. The van der Waals surface area contributed by atoms with Gasteiger partial charge in [-0.15, -0.1) is 0 Å². The first-order valence-electron chi connectivity index (χ1n) is 6.87. The number of carbonyl (C=O) groups is 1. The van der Waals surface area contributed by atoms with Gasteiger partial charge in [-0.25, -0.2) is 0 Å². The molecule has 0 bridgehead atoms. The number of methoxy groups -OCH3 is 1. The zero-order valence-electron chi connectivity index (χ0n) is 11.9. The second-order valence-electron chi connectivity index (χ2n) is 4.99. The fourth-order valence-corrected chi connectivity index (χ4v) is 2.65. The van der Waals surface area contributed by atoms with E-state index in [0.29, 0.717) is 19.6 Å². The summed E-state index contributed by atoms with van der Waals surface area (Å²) in [4.78, 5) is 14.2. The van der Waals surface area contributed by atoms with E-state index in [1.54, 1.807) is 7.11 Å². The number of hydrogen-bond donors (Lipinski definition) is 0. The number of fused-ring (bicyclic) bond motifs is 1. The molecule has 2 rings (SSSR count). The fourth-order valence-electron chi connectivity index (χ4n) is 2.30. The van der Waals surface area contributed by atoms with Crippen molar-refractivity contribution in [3.05, 3.63) is 22.7 Å². The van der Waals surface area contributed by atoms with Crippen molar-refractivity contribution in [2.45, 2.75) is 32.3 Å². The van der Waals surface area contributed by atoms with E-state index in [4.69, 9.17) is 9.47 Å². The Morgan fingerprint density at radius 3 is 3.05 bits per heavy atom. The van der Waals surface area contributed by atoms with Gasteiger partial charge >= 0.3 is 0 Å². The third-order valence-corrected chi connectivity index (χ3v) is 3.76. The molecule has 0 fully saturated rings. The number of nitrogens with zero attached hydrogens (tertiary/aromatic N) is 1. The van der Waals surface area contributed by atoms with E-state index in [2.05, 4.69) is 15.9 Å². The van der Waals surface area contributed by atoms with Gasteiger partial charge in [-0.1, -0.05) is 15.9 Å². The number of hydrogen-bond acceptors (Lipinski definition) is 3. The predicted octanol–water partition coefficient (Wildman–Crippen LogP) is 3.38. The Bertz CT molecular complexity index is 478. The number of benzene rings is 1.